The van der Waals surface area contributed by atoms with E-state index in [-0.39, 0.29) is 35.6 Å². The second kappa shape index (κ2) is 19.6. The van der Waals surface area contributed by atoms with Crippen LogP contribution >= 0.6 is 24.8 Å². The van der Waals surface area contributed by atoms with Crippen LogP contribution in [0.25, 0.3) is 34.4 Å². The molecule has 0 heterocycles. The molecule has 8 rings (SSSR count). The van der Waals surface area contributed by atoms with Crippen molar-refractivity contribution in [2.75, 3.05) is 0 Å². The van der Waals surface area contributed by atoms with Gasteiger partial charge in [0.05, 0.1) is 0 Å². The first-order valence-electron chi connectivity index (χ1n) is 25.3. The third kappa shape index (κ3) is 9.81. The second-order valence-electron chi connectivity index (χ2n) is 24.4. The fourth-order valence-electron chi connectivity index (χ4n) is 14.4. The summed E-state index contributed by atoms with van der Waals surface area (Å²) in [5.41, 5.74) is 19.7. The third-order valence-electron chi connectivity index (χ3n) is 16.8. The second-order valence-corrected chi connectivity index (χ2v) is 54.9. The molecule has 4 heteroatoms. The Morgan fingerprint density at radius 1 is 0.500 bits per heavy atom. The summed E-state index contributed by atoms with van der Waals surface area (Å²) in [5, 5.41) is 0. The zero-order valence-corrected chi connectivity index (χ0v) is 47.2. The van der Waals surface area contributed by atoms with Gasteiger partial charge in [-0.2, -0.15) is 0 Å². The number of halogens is 2. The van der Waals surface area contributed by atoms with Crippen LogP contribution in [0.4, 0.5) is 0 Å². The molecular formula is C60H84Cl2SiZr. The van der Waals surface area contributed by atoms with Crippen LogP contribution in [0.15, 0.2) is 96.1 Å². The SMILES string of the molecule is CCCC1(CC2=Cc3c(-c4ccccc4C(C)(C)C)cccc3[CH]2[Zr]([CH3])([CH3])(=[SiH2])[CH]2C(CC3(CCC)CCCCC3)=Cc3c(-c4ccccc4C(C)(C)C)cccc32)CCCCC1.Cl.Cl. The Morgan fingerprint density at radius 3 is 1.19 bits per heavy atom. The predicted molar refractivity (Wildman–Crippen MR) is 287 cm³/mol. The summed E-state index contributed by atoms with van der Waals surface area (Å²) in [6, 6.07) is 33.8. The zero-order chi connectivity index (χ0) is 44.2. The largest absolute Gasteiger partial charge is 0.147 e. The van der Waals surface area contributed by atoms with Crippen LogP contribution in [-0.4, -0.2) is 6.88 Å². The van der Waals surface area contributed by atoms with Crippen molar-refractivity contribution in [3.63, 3.8) is 0 Å². The van der Waals surface area contributed by atoms with Gasteiger partial charge in [-0.05, 0) is 0 Å². The summed E-state index contributed by atoms with van der Waals surface area (Å²) in [6.07, 6.45) is 27.6. The molecule has 2 fully saturated rings. The van der Waals surface area contributed by atoms with E-state index in [2.05, 4.69) is 169 Å². The maximum atomic E-state index is 2.95. The normalized spacial score (nSPS) is 20.6. The Morgan fingerprint density at radius 2 is 0.844 bits per heavy atom. The van der Waals surface area contributed by atoms with E-state index in [0.717, 1.165) is 0 Å². The van der Waals surface area contributed by atoms with Crippen LogP contribution in [0.2, 0.25) is 9.26 Å². The molecule has 2 saturated carbocycles. The Balaban J connectivity index is 0.00000340. The number of allylic oxidation sites excluding steroid dienone is 2. The molecule has 346 valence electrons. The van der Waals surface area contributed by atoms with Crippen LogP contribution in [-0.2, 0) is 28.2 Å². The maximum absolute atomic E-state index is 4.06. The van der Waals surface area contributed by atoms with Gasteiger partial charge in [-0.15, -0.1) is 24.8 Å². The minimum absolute atomic E-state index is 0. The molecular weight excluding hydrogens is 911 g/mol. The van der Waals surface area contributed by atoms with Crippen LogP contribution in [0, 0.1) is 10.8 Å². The predicted octanol–water partition coefficient (Wildman–Crippen LogP) is 18.7. The molecule has 0 aliphatic heterocycles. The van der Waals surface area contributed by atoms with Crippen LogP contribution < -0.4 is 0 Å². The number of rotatable bonds is 12. The van der Waals surface area contributed by atoms with E-state index in [1.165, 1.54) is 136 Å². The standard InChI is InChI=1S/2C29H37.2CH3.2ClH.H2Si.Zr/c2*1-5-16-29(17-9-6-10-18-29)21-22-19-23-12-11-14-24(26(23)20-22)25-13-7-8-15-27(25)28(2,3)4;;;;;;/h2*7-8,11-15,19-20H,5-6,9-10,16-18,21H2,1-4H3;2*1H3;2*1H;1H2;. The van der Waals surface area contributed by atoms with E-state index in [0.29, 0.717) is 18.1 Å². The third-order valence-corrected chi connectivity index (χ3v) is 34.3. The van der Waals surface area contributed by atoms with Gasteiger partial charge in [0.25, 0.3) is 0 Å². The number of hydrogen-bond acceptors (Lipinski definition) is 0. The molecule has 0 amide bonds. The van der Waals surface area contributed by atoms with E-state index in [1.807, 2.05) is 11.1 Å². The van der Waals surface area contributed by atoms with Crippen molar-refractivity contribution in [1.82, 2.24) is 0 Å². The van der Waals surface area contributed by atoms with Gasteiger partial charge >= 0.3 is 384 Å². The Bertz CT molecular complexity index is 2240. The fourth-order valence-corrected chi connectivity index (χ4v) is 34.1. The fraction of sp³-hybridized carbons (Fsp3) is 0.533. The van der Waals surface area contributed by atoms with E-state index >= 15 is 0 Å². The van der Waals surface area contributed by atoms with Crippen LogP contribution in [0.5, 0.6) is 0 Å². The molecule has 2 unspecified atom stereocenters. The van der Waals surface area contributed by atoms with Crippen LogP contribution in [0.1, 0.15) is 199 Å². The summed E-state index contributed by atoms with van der Waals surface area (Å²) < 4.78 is 6.93. The zero-order valence-electron chi connectivity index (χ0n) is 41.7. The summed E-state index contributed by atoms with van der Waals surface area (Å²) in [5.74, 6) is 0. The van der Waals surface area contributed by atoms with Gasteiger partial charge in [-0.3, -0.25) is 0 Å². The molecule has 0 aromatic heterocycles. The molecule has 4 aliphatic carbocycles. The Labute approximate surface area is 406 Å². The summed E-state index contributed by atoms with van der Waals surface area (Å²) >= 11 is -4.06. The summed E-state index contributed by atoms with van der Waals surface area (Å²) in [7, 11) is 0. The van der Waals surface area contributed by atoms with Gasteiger partial charge in [0.15, 0.2) is 0 Å². The molecule has 0 radical (unpaired) electrons. The Hall–Kier alpha value is -1.96. The van der Waals surface area contributed by atoms with Gasteiger partial charge in [0.1, 0.15) is 0 Å². The first-order valence-corrected chi connectivity index (χ1v) is 39.0. The smallest absolute Gasteiger partial charge is 0.147 e. The monoisotopic (exact) mass is 992 g/mol. The minimum Gasteiger partial charge on any atom is -0.147 e. The maximum Gasteiger partial charge on any atom is -0.147 e. The molecule has 4 aromatic rings. The van der Waals surface area contributed by atoms with Crippen molar-refractivity contribution in [3.8, 4) is 22.3 Å². The average Bonchev–Trinajstić information content (AvgIpc) is 3.80. The van der Waals surface area contributed by atoms with Gasteiger partial charge in [0, 0.05) is 0 Å². The molecule has 0 N–H and O–H groups in total. The van der Waals surface area contributed by atoms with Crippen molar-refractivity contribution in [3.05, 3.63) is 129 Å². The van der Waals surface area contributed by atoms with E-state index in [1.54, 1.807) is 22.3 Å². The average molecular weight is 996 g/mol. The molecule has 0 bridgehead atoms. The van der Waals surface area contributed by atoms with Crippen molar-refractivity contribution in [1.29, 1.82) is 0 Å². The topological polar surface area (TPSA) is 0 Å². The summed E-state index contributed by atoms with van der Waals surface area (Å²) in [6.45, 7) is 21.9. The number of fused-ring (bicyclic) bond motifs is 2. The van der Waals surface area contributed by atoms with Gasteiger partial charge in [-0.25, -0.2) is 0 Å². The molecule has 64 heavy (non-hydrogen) atoms. The Kier molecular flexibility index (Phi) is 15.7. The molecule has 0 saturated heterocycles. The van der Waals surface area contributed by atoms with Crippen molar-refractivity contribution in [2.24, 2.45) is 10.8 Å². The van der Waals surface area contributed by atoms with Crippen molar-refractivity contribution >= 4 is 43.8 Å². The van der Waals surface area contributed by atoms with Crippen molar-refractivity contribution in [2.45, 2.75) is 185 Å². The van der Waals surface area contributed by atoms with Gasteiger partial charge in [-0.1, -0.05) is 0 Å². The van der Waals surface area contributed by atoms with Crippen LogP contribution in [0.3, 0.4) is 0 Å². The van der Waals surface area contributed by atoms with Gasteiger partial charge in [0.2, 0.25) is 0 Å². The first-order chi connectivity index (χ1) is 29.4. The van der Waals surface area contributed by atoms with Crippen molar-refractivity contribution < 1.29 is 17.4 Å². The summed E-state index contributed by atoms with van der Waals surface area (Å²) in [4.78, 5) is 0. The number of hydrogen-bond donors (Lipinski definition) is 0. The molecule has 0 nitrogen and oxygen atoms in total. The minimum atomic E-state index is -4.06. The molecule has 4 aliphatic rings. The number of benzene rings is 4. The van der Waals surface area contributed by atoms with Gasteiger partial charge < -0.3 is 0 Å². The van der Waals surface area contributed by atoms with E-state index in [4.69, 9.17) is 0 Å². The van der Waals surface area contributed by atoms with E-state index in [9.17, 15) is 0 Å². The molecule has 2 atom stereocenters. The molecule has 4 aromatic carbocycles. The quantitative estimate of drug-likeness (QED) is 0.124. The first kappa shape index (κ1) is 51.4. The van der Waals surface area contributed by atoms with E-state index < -0.39 is 17.4 Å². The molecule has 0 spiro atoms.